The number of rotatable bonds is 6. The second-order valence-corrected chi connectivity index (χ2v) is 10.4. The average Bonchev–Trinajstić information content (AvgIpc) is 3.09. The van der Waals surface area contributed by atoms with E-state index in [1.54, 1.807) is 48.5 Å². The van der Waals surface area contributed by atoms with Crippen molar-refractivity contribution in [1.82, 2.24) is 0 Å². The summed E-state index contributed by atoms with van der Waals surface area (Å²) in [5.74, 6) is -0.139. The largest absolute Gasteiger partial charge is 0.484 e. The minimum atomic E-state index is -0.378. The maximum atomic E-state index is 13.0. The predicted octanol–water partition coefficient (Wildman–Crippen LogP) is 7.38. The normalized spacial score (nSPS) is 14.5. The van der Waals surface area contributed by atoms with E-state index >= 15 is 0 Å². The van der Waals surface area contributed by atoms with Crippen molar-refractivity contribution in [2.75, 3.05) is 16.8 Å². The summed E-state index contributed by atoms with van der Waals surface area (Å²) in [6, 6.07) is 17.2. The van der Waals surface area contributed by atoms with E-state index in [9.17, 15) is 9.59 Å². The van der Waals surface area contributed by atoms with Crippen LogP contribution in [0.3, 0.4) is 0 Å². The van der Waals surface area contributed by atoms with Crippen molar-refractivity contribution < 1.29 is 14.3 Å². The van der Waals surface area contributed by atoms with Crippen LogP contribution in [0.5, 0.6) is 5.75 Å². The number of carbonyl (C=O) groups is 2. The Bertz CT molecular complexity index is 1380. The fourth-order valence-corrected chi connectivity index (χ4v) is 5.11. The third kappa shape index (κ3) is 6.18. The van der Waals surface area contributed by atoms with Gasteiger partial charge in [0.15, 0.2) is 10.9 Å². The first kappa shape index (κ1) is 25.5. The molecule has 0 spiro atoms. The standard InChI is InChI=1S/C25H17Cl3N2O3S2/c1-14-5-7-17(12-19(14)27)30-24(32)22(35-25(30)34)10-15-3-2-4-18(9-15)33-13-23(31)29-21-8-6-16(26)11-20(21)28/h2-12H,13H2,1H3,(H,29,31)/b22-10-. The number of hydrogen-bond donors (Lipinski definition) is 1. The lowest BCUT2D eigenvalue weighted by Gasteiger charge is -2.15. The van der Waals surface area contributed by atoms with Gasteiger partial charge in [-0.3, -0.25) is 14.5 Å². The molecule has 178 valence electrons. The van der Waals surface area contributed by atoms with Gasteiger partial charge >= 0.3 is 0 Å². The van der Waals surface area contributed by atoms with Gasteiger partial charge in [0.1, 0.15) is 5.75 Å². The zero-order valence-corrected chi connectivity index (χ0v) is 22.1. The Morgan fingerprint density at radius 3 is 2.63 bits per heavy atom. The van der Waals surface area contributed by atoms with Crippen LogP contribution in [0.4, 0.5) is 11.4 Å². The summed E-state index contributed by atoms with van der Waals surface area (Å²) in [5.41, 5.74) is 2.70. The summed E-state index contributed by atoms with van der Waals surface area (Å²) in [6.07, 6.45) is 1.73. The zero-order chi connectivity index (χ0) is 25.1. The summed E-state index contributed by atoms with van der Waals surface area (Å²) in [6.45, 7) is 1.67. The molecule has 3 aromatic rings. The number of ether oxygens (including phenoxy) is 1. The molecule has 0 bridgehead atoms. The number of thioether (sulfide) groups is 1. The highest BCUT2D eigenvalue weighted by atomic mass is 35.5. The molecule has 0 atom stereocenters. The van der Waals surface area contributed by atoms with Crippen molar-refractivity contribution in [2.45, 2.75) is 6.92 Å². The van der Waals surface area contributed by atoms with Gasteiger partial charge in [-0.1, -0.05) is 77.0 Å². The lowest BCUT2D eigenvalue weighted by atomic mass is 10.2. The molecular formula is C25H17Cl3N2O3S2. The average molecular weight is 564 g/mol. The fraction of sp³-hybridized carbons (Fsp3) is 0.0800. The van der Waals surface area contributed by atoms with Gasteiger partial charge in [-0.05, 0) is 66.6 Å². The Kier molecular flexibility index (Phi) is 8.04. The second kappa shape index (κ2) is 11.0. The van der Waals surface area contributed by atoms with E-state index in [2.05, 4.69) is 5.32 Å². The number of nitrogens with one attached hydrogen (secondary N) is 1. The maximum Gasteiger partial charge on any atom is 0.270 e. The van der Waals surface area contributed by atoms with E-state index in [4.69, 9.17) is 51.8 Å². The van der Waals surface area contributed by atoms with Crippen LogP contribution in [0.15, 0.2) is 65.6 Å². The van der Waals surface area contributed by atoms with E-state index in [0.717, 1.165) is 11.1 Å². The Hall–Kier alpha value is -2.55. The van der Waals surface area contributed by atoms with Crippen LogP contribution in [0.25, 0.3) is 6.08 Å². The van der Waals surface area contributed by atoms with Crippen molar-refractivity contribution in [1.29, 1.82) is 0 Å². The predicted molar refractivity (Wildman–Crippen MR) is 149 cm³/mol. The smallest absolute Gasteiger partial charge is 0.270 e. The summed E-state index contributed by atoms with van der Waals surface area (Å²) < 4.78 is 6.04. The van der Waals surface area contributed by atoms with Gasteiger partial charge in [0.2, 0.25) is 0 Å². The monoisotopic (exact) mass is 562 g/mol. The Morgan fingerprint density at radius 1 is 1.09 bits per heavy atom. The number of anilines is 2. The topological polar surface area (TPSA) is 58.6 Å². The second-order valence-electron chi connectivity index (χ2n) is 7.48. The fourth-order valence-electron chi connectivity index (χ4n) is 3.18. The minimum Gasteiger partial charge on any atom is -0.484 e. The molecule has 3 aromatic carbocycles. The Labute approximate surface area is 227 Å². The minimum absolute atomic E-state index is 0.224. The number of halogens is 3. The molecule has 4 rings (SSSR count). The molecule has 0 radical (unpaired) electrons. The third-order valence-electron chi connectivity index (χ3n) is 4.94. The molecule has 1 saturated heterocycles. The highest BCUT2D eigenvalue weighted by Crippen LogP contribution is 2.37. The third-order valence-corrected chi connectivity index (χ3v) is 7.20. The number of thiocarbonyl (C=S) groups is 1. The van der Waals surface area contributed by atoms with Crippen molar-refractivity contribution >= 4 is 92.4 Å². The molecule has 1 fully saturated rings. The van der Waals surface area contributed by atoms with Crippen molar-refractivity contribution in [3.8, 4) is 5.75 Å². The number of carbonyl (C=O) groups excluding carboxylic acids is 2. The van der Waals surface area contributed by atoms with Gasteiger partial charge in [0.25, 0.3) is 11.8 Å². The number of hydrogen-bond acceptors (Lipinski definition) is 5. The molecule has 0 saturated carbocycles. The summed E-state index contributed by atoms with van der Waals surface area (Å²) in [5, 5.41) is 4.04. The van der Waals surface area contributed by atoms with Crippen LogP contribution < -0.4 is 15.0 Å². The van der Waals surface area contributed by atoms with Crippen LogP contribution in [-0.4, -0.2) is 22.7 Å². The Morgan fingerprint density at radius 2 is 1.89 bits per heavy atom. The Balaban J connectivity index is 1.43. The first-order valence-electron chi connectivity index (χ1n) is 10.2. The molecule has 1 aliphatic rings. The molecule has 35 heavy (non-hydrogen) atoms. The molecule has 5 nitrogen and oxygen atoms in total. The molecule has 1 aliphatic heterocycles. The molecular weight excluding hydrogens is 547 g/mol. The zero-order valence-electron chi connectivity index (χ0n) is 18.2. The van der Waals surface area contributed by atoms with Crippen LogP contribution in [-0.2, 0) is 9.59 Å². The van der Waals surface area contributed by atoms with Crippen molar-refractivity contribution in [3.63, 3.8) is 0 Å². The lowest BCUT2D eigenvalue weighted by Crippen LogP contribution is -2.27. The summed E-state index contributed by atoms with van der Waals surface area (Å²) in [4.78, 5) is 27.2. The van der Waals surface area contributed by atoms with Crippen LogP contribution in [0, 0.1) is 6.92 Å². The molecule has 10 heteroatoms. The van der Waals surface area contributed by atoms with Crippen LogP contribution in [0.2, 0.25) is 15.1 Å². The van der Waals surface area contributed by atoms with Crippen LogP contribution in [0.1, 0.15) is 11.1 Å². The van der Waals surface area contributed by atoms with Gasteiger partial charge < -0.3 is 10.1 Å². The van der Waals surface area contributed by atoms with Gasteiger partial charge in [0.05, 0.1) is 21.3 Å². The number of aryl methyl sites for hydroxylation is 1. The van der Waals surface area contributed by atoms with Gasteiger partial charge in [-0.25, -0.2) is 0 Å². The number of nitrogens with zero attached hydrogens (tertiary/aromatic N) is 1. The molecule has 0 aromatic heterocycles. The molecule has 1 heterocycles. The highest BCUT2D eigenvalue weighted by Gasteiger charge is 2.33. The molecule has 0 aliphatic carbocycles. The first-order valence-corrected chi connectivity index (χ1v) is 12.6. The van der Waals surface area contributed by atoms with E-state index < -0.39 is 0 Å². The number of amides is 2. The summed E-state index contributed by atoms with van der Waals surface area (Å²) >= 11 is 24.8. The van der Waals surface area contributed by atoms with E-state index in [0.29, 0.717) is 41.4 Å². The SMILES string of the molecule is Cc1ccc(N2C(=O)/C(=C/c3cccc(OCC(=O)Nc4ccc(Cl)cc4Cl)c3)SC2=S)cc1Cl. The number of benzene rings is 3. The lowest BCUT2D eigenvalue weighted by molar-refractivity contribution is -0.118. The summed E-state index contributed by atoms with van der Waals surface area (Å²) in [7, 11) is 0. The van der Waals surface area contributed by atoms with E-state index in [1.807, 2.05) is 25.1 Å². The highest BCUT2D eigenvalue weighted by molar-refractivity contribution is 8.27. The van der Waals surface area contributed by atoms with E-state index in [-0.39, 0.29) is 18.4 Å². The van der Waals surface area contributed by atoms with Crippen molar-refractivity contribution in [3.05, 3.63) is 91.8 Å². The quantitative estimate of drug-likeness (QED) is 0.250. The van der Waals surface area contributed by atoms with Crippen LogP contribution >= 0.6 is 58.8 Å². The van der Waals surface area contributed by atoms with Gasteiger partial charge in [-0.2, -0.15) is 0 Å². The van der Waals surface area contributed by atoms with Gasteiger partial charge in [0, 0.05) is 10.0 Å². The van der Waals surface area contributed by atoms with Gasteiger partial charge in [-0.15, -0.1) is 0 Å². The van der Waals surface area contributed by atoms with Crippen molar-refractivity contribution in [2.24, 2.45) is 0 Å². The van der Waals surface area contributed by atoms with E-state index in [1.165, 1.54) is 16.7 Å². The first-order chi connectivity index (χ1) is 16.7. The maximum absolute atomic E-state index is 13.0. The molecule has 0 unspecified atom stereocenters. The molecule has 2 amide bonds. The molecule has 1 N–H and O–H groups in total.